The minimum atomic E-state index is 0.173. The van der Waals surface area contributed by atoms with Crippen LogP contribution in [0.25, 0.3) is 0 Å². The first-order valence-corrected chi connectivity index (χ1v) is 7.57. The molecule has 1 fully saturated rings. The average molecular weight is 297 g/mol. The fourth-order valence-corrected chi connectivity index (χ4v) is 2.51. The maximum Gasteiger partial charge on any atom is 0.226 e. The molecule has 1 aromatic carbocycles. The third kappa shape index (κ3) is 4.69. The highest BCUT2D eigenvalue weighted by atomic mass is 35.5. The van der Waals surface area contributed by atoms with E-state index in [1.54, 1.807) is 0 Å². The van der Waals surface area contributed by atoms with E-state index in [4.69, 9.17) is 16.3 Å². The molecule has 5 heteroatoms. The molecule has 1 saturated heterocycles. The molecule has 1 amide bonds. The van der Waals surface area contributed by atoms with Crippen LogP contribution in [-0.2, 0) is 4.79 Å². The van der Waals surface area contributed by atoms with Gasteiger partial charge < -0.3 is 9.64 Å². The molecule has 1 heterocycles. The molecule has 1 aromatic rings. The fraction of sp³-hybridized carbons (Fsp3) is 0.533. The minimum Gasteiger partial charge on any atom is -0.493 e. The molecule has 0 spiro atoms. The zero-order chi connectivity index (χ0) is 14.2. The summed E-state index contributed by atoms with van der Waals surface area (Å²) in [5, 5.41) is 0. The Morgan fingerprint density at radius 1 is 1.15 bits per heavy atom. The highest BCUT2D eigenvalue weighted by molar-refractivity contribution is 6.18. The van der Waals surface area contributed by atoms with Crippen LogP contribution in [0.1, 0.15) is 6.42 Å². The lowest BCUT2D eigenvalue weighted by atomic mass is 10.3. The quantitative estimate of drug-likeness (QED) is 0.751. The van der Waals surface area contributed by atoms with E-state index < -0.39 is 0 Å². The largest absolute Gasteiger partial charge is 0.493 e. The number of carbonyl (C=O) groups excluding carboxylic acids is 1. The second-order valence-electron chi connectivity index (χ2n) is 4.82. The van der Waals surface area contributed by atoms with Crippen LogP contribution in [0.5, 0.6) is 5.75 Å². The first-order chi connectivity index (χ1) is 9.79. The van der Waals surface area contributed by atoms with Crippen LogP contribution in [0.4, 0.5) is 0 Å². The van der Waals surface area contributed by atoms with Crippen molar-refractivity contribution in [2.24, 2.45) is 0 Å². The molecular formula is C15H21ClN2O2. The second-order valence-corrected chi connectivity index (χ2v) is 5.20. The molecule has 0 N–H and O–H groups in total. The van der Waals surface area contributed by atoms with E-state index in [0.717, 1.165) is 38.5 Å². The molecule has 1 aliphatic heterocycles. The SMILES string of the molecule is O=C(CCOc1ccccc1)N1CCN(CCCl)CC1. The summed E-state index contributed by atoms with van der Waals surface area (Å²) in [6, 6.07) is 9.59. The zero-order valence-electron chi connectivity index (χ0n) is 11.6. The van der Waals surface area contributed by atoms with Crippen molar-refractivity contribution in [3.05, 3.63) is 30.3 Å². The number of piperazine rings is 1. The van der Waals surface area contributed by atoms with Gasteiger partial charge in [-0.25, -0.2) is 0 Å². The Hall–Kier alpha value is -1.26. The van der Waals surface area contributed by atoms with Crippen LogP contribution in [0, 0.1) is 0 Å². The van der Waals surface area contributed by atoms with Crippen LogP contribution in [0.3, 0.4) is 0 Å². The molecule has 0 bridgehead atoms. The van der Waals surface area contributed by atoms with Gasteiger partial charge in [0.25, 0.3) is 0 Å². The number of alkyl halides is 1. The highest BCUT2D eigenvalue weighted by Crippen LogP contribution is 2.09. The first-order valence-electron chi connectivity index (χ1n) is 7.03. The van der Waals surface area contributed by atoms with Crippen LogP contribution in [-0.4, -0.2) is 60.9 Å². The number of carbonyl (C=O) groups is 1. The lowest BCUT2D eigenvalue weighted by Gasteiger charge is -2.34. The van der Waals surface area contributed by atoms with Gasteiger partial charge in [0, 0.05) is 38.6 Å². The van der Waals surface area contributed by atoms with Crippen molar-refractivity contribution in [2.75, 3.05) is 45.2 Å². The molecular weight excluding hydrogens is 276 g/mol. The van der Waals surface area contributed by atoms with Gasteiger partial charge in [-0.2, -0.15) is 0 Å². The van der Waals surface area contributed by atoms with E-state index >= 15 is 0 Å². The van der Waals surface area contributed by atoms with Gasteiger partial charge in [-0.1, -0.05) is 18.2 Å². The lowest BCUT2D eigenvalue weighted by Crippen LogP contribution is -2.49. The van der Waals surface area contributed by atoms with E-state index in [0.29, 0.717) is 18.9 Å². The number of ether oxygens (including phenoxy) is 1. The number of halogens is 1. The summed E-state index contributed by atoms with van der Waals surface area (Å²) in [6.07, 6.45) is 0.435. The van der Waals surface area contributed by atoms with Gasteiger partial charge in [-0.05, 0) is 12.1 Å². The summed E-state index contributed by atoms with van der Waals surface area (Å²) in [6.45, 7) is 4.75. The van der Waals surface area contributed by atoms with Crippen molar-refractivity contribution in [1.82, 2.24) is 9.80 Å². The van der Waals surface area contributed by atoms with Crippen LogP contribution < -0.4 is 4.74 Å². The Kier molecular flexibility index (Phi) is 6.15. The predicted octanol–water partition coefficient (Wildman–Crippen LogP) is 1.84. The Morgan fingerprint density at radius 3 is 2.50 bits per heavy atom. The van der Waals surface area contributed by atoms with Gasteiger partial charge in [0.15, 0.2) is 0 Å². The van der Waals surface area contributed by atoms with Gasteiger partial charge in [0.1, 0.15) is 5.75 Å². The number of benzene rings is 1. The summed E-state index contributed by atoms with van der Waals surface area (Å²) in [4.78, 5) is 16.3. The normalized spacial score (nSPS) is 16.1. The van der Waals surface area contributed by atoms with Gasteiger partial charge in [-0.15, -0.1) is 11.6 Å². The van der Waals surface area contributed by atoms with Crippen molar-refractivity contribution in [1.29, 1.82) is 0 Å². The van der Waals surface area contributed by atoms with Crippen LogP contribution in [0.15, 0.2) is 30.3 Å². The zero-order valence-corrected chi connectivity index (χ0v) is 12.4. The molecule has 0 atom stereocenters. The van der Waals surface area contributed by atoms with Gasteiger partial charge in [0.05, 0.1) is 13.0 Å². The van der Waals surface area contributed by atoms with E-state index in [-0.39, 0.29) is 5.91 Å². The minimum absolute atomic E-state index is 0.173. The Labute approximate surface area is 125 Å². The third-order valence-electron chi connectivity index (χ3n) is 3.45. The molecule has 4 nitrogen and oxygen atoms in total. The molecule has 0 aromatic heterocycles. The maximum absolute atomic E-state index is 12.1. The van der Waals surface area contributed by atoms with Crippen molar-refractivity contribution < 1.29 is 9.53 Å². The molecule has 0 saturated carbocycles. The van der Waals surface area contributed by atoms with E-state index in [1.165, 1.54) is 0 Å². The molecule has 0 radical (unpaired) electrons. The number of hydrogen-bond acceptors (Lipinski definition) is 3. The summed E-state index contributed by atoms with van der Waals surface area (Å²) < 4.78 is 5.55. The van der Waals surface area contributed by atoms with E-state index in [1.807, 2.05) is 35.2 Å². The Morgan fingerprint density at radius 2 is 1.85 bits per heavy atom. The molecule has 0 aliphatic carbocycles. The van der Waals surface area contributed by atoms with Crippen LogP contribution >= 0.6 is 11.6 Å². The number of rotatable bonds is 6. The number of nitrogens with zero attached hydrogens (tertiary/aromatic N) is 2. The third-order valence-corrected chi connectivity index (χ3v) is 3.62. The first kappa shape index (κ1) is 15.1. The maximum atomic E-state index is 12.1. The fourth-order valence-electron chi connectivity index (χ4n) is 2.27. The average Bonchev–Trinajstić information content (AvgIpc) is 2.49. The Balaban J connectivity index is 1.66. The summed E-state index contributed by atoms with van der Waals surface area (Å²) >= 11 is 5.72. The van der Waals surface area contributed by atoms with Crippen molar-refractivity contribution in [3.63, 3.8) is 0 Å². The summed E-state index contributed by atoms with van der Waals surface area (Å²) in [5.41, 5.74) is 0. The number of para-hydroxylation sites is 1. The monoisotopic (exact) mass is 296 g/mol. The summed E-state index contributed by atoms with van der Waals surface area (Å²) in [7, 11) is 0. The second kappa shape index (κ2) is 8.12. The smallest absolute Gasteiger partial charge is 0.226 e. The number of amides is 1. The Bertz CT molecular complexity index is 406. The molecule has 110 valence electrons. The van der Waals surface area contributed by atoms with Gasteiger partial charge >= 0.3 is 0 Å². The highest BCUT2D eigenvalue weighted by Gasteiger charge is 2.20. The molecule has 20 heavy (non-hydrogen) atoms. The summed E-state index contributed by atoms with van der Waals surface area (Å²) in [5.74, 6) is 1.64. The van der Waals surface area contributed by atoms with Crippen molar-refractivity contribution in [2.45, 2.75) is 6.42 Å². The van der Waals surface area contributed by atoms with E-state index in [9.17, 15) is 4.79 Å². The van der Waals surface area contributed by atoms with Gasteiger partial charge in [0.2, 0.25) is 5.91 Å². The number of hydrogen-bond donors (Lipinski definition) is 0. The van der Waals surface area contributed by atoms with Gasteiger partial charge in [-0.3, -0.25) is 9.69 Å². The molecule has 1 aliphatic rings. The lowest BCUT2D eigenvalue weighted by molar-refractivity contribution is -0.133. The molecule has 2 rings (SSSR count). The molecule has 0 unspecified atom stereocenters. The predicted molar refractivity (Wildman–Crippen MR) is 80.3 cm³/mol. The van der Waals surface area contributed by atoms with Crippen molar-refractivity contribution >= 4 is 17.5 Å². The van der Waals surface area contributed by atoms with Crippen LogP contribution in [0.2, 0.25) is 0 Å². The van der Waals surface area contributed by atoms with E-state index in [2.05, 4.69) is 4.90 Å². The topological polar surface area (TPSA) is 32.8 Å². The standard InChI is InChI=1S/C15H21ClN2O2/c16-7-8-17-9-11-18(12-10-17)15(19)6-13-20-14-4-2-1-3-5-14/h1-5H,6-13H2. The van der Waals surface area contributed by atoms with Crippen molar-refractivity contribution in [3.8, 4) is 5.75 Å².